The van der Waals surface area contributed by atoms with E-state index in [4.69, 9.17) is 21.1 Å². The summed E-state index contributed by atoms with van der Waals surface area (Å²) in [6, 6.07) is 5.82. The molecule has 0 unspecified atom stereocenters. The summed E-state index contributed by atoms with van der Waals surface area (Å²) in [5.74, 6) is 0.793. The summed E-state index contributed by atoms with van der Waals surface area (Å²) < 4.78 is 10.6. The molecule has 0 spiro atoms. The highest BCUT2D eigenvalue weighted by molar-refractivity contribution is 6.32. The molecule has 0 aliphatic heterocycles. The Morgan fingerprint density at radius 2 is 2.12 bits per heavy atom. The van der Waals surface area contributed by atoms with Gasteiger partial charge in [-0.15, -0.1) is 0 Å². The minimum atomic E-state index is 0.671. The zero-order valence-corrected chi connectivity index (χ0v) is 11.2. The van der Waals surface area contributed by atoms with Gasteiger partial charge in [-0.2, -0.15) is 0 Å². The van der Waals surface area contributed by atoms with E-state index in [9.17, 15) is 0 Å². The van der Waals surface area contributed by atoms with Crippen molar-refractivity contribution >= 4 is 11.6 Å². The highest BCUT2D eigenvalue weighted by Gasteiger charge is 2.07. The van der Waals surface area contributed by atoms with Crippen molar-refractivity contribution in [2.24, 2.45) is 0 Å². The average Bonchev–Trinajstić information content (AvgIpc) is 2.34. The van der Waals surface area contributed by atoms with Gasteiger partial charge in [-0.3, -0.25) is 0 Å². The lowest BCUT2D eigenvalue weighted by atomic mass is 10.2. The molecule has 0 bridgehead atoms. The van der Waals surface area contributed by atoms with Gasteiger partial charge in [0.15, 0.2) is 0 Å². The standard InChI is InChI=1S/C13H20ClNO2/c1-3-8-17-13-11(5-4-6-12(13)14)10-15-7-9-16-2/h4-6,15H,3,7-10H2,1-2H3. The zero-order valence-electron chi connectivity index (χ0n) is 10.5. The number of methoxy groups -OCH3 is 1. The number of benzene rings is 1. The summed E-state index contributed by atoms with van der Waals surface area (Å²) in [5, 5.41) is 3.95. The Labute approximate surface area is 108 Å². The maximum atomic E-state index is 6.13. The first-order valence-corrected chi connectivity index (χ1v) is 6.27. The molecule has 1 N–H and O–H groups in total. The summed E-state index contributed by atoms with van der Waals surface area (Å²) >= 11 is 6.13. The van der Waals surface area contributed by atoms with Gasteiger partial charge in [0, 0.05) is 25.8 Å². The molecule has 0 aromatic heterocycles. The van der Waals surface area contributed by atoms with Crippen LogP contribution in [0.15, 0.2) is 18.2 Å². The van der Waals surface area contributed by atoms with Crippen molar-refractivity contribution in [2.75, 3.05) is 26.9 Å². The highest BCUT2D eigenvalue weighted by atomic mass is 35.5. The molecule has 1 rings (SSSR count). The molecule has 0 aliphatic carbocycles. The molecule has 0 amide bonds. The lowest BCUT2D eigenvalue weighted by molar-refractivity contribution is 0.199. The van der Waals surface area contributed by atoms with Crippen LogP contribution in [0.5, 0.6) is 5.75 Å². The molecule has 96 valence electrons. The Morgan fingerprint density at radius 3 is 2.82 bits per heavy atom. The second kappa shape index (κ2) is 8.34. The quantitative estimate of drug-likeness (QED) is 0.727. The molecular formula is C13H20ClNO2. The second-order valence-electron chi connectivity index (χ2n) is 3.75. The van der Waals surface area contributed by atoms with Gasteiger partial charge in [0.2, 0.25) is 0 Å². The second-order valence-corrected chi connectivity index (χ2v) is 4.15. The van der Waals surface area contributed by atoms with Gasteiger partial charge in [-0.05, 0) is 12.5 Å². The number of nitrogens with one attached hydrogen (secondary N) is 1. The van der Waals surface area contributed by atoms with Crippen molar-refractivity contribution in [1.82, 2.24) is 5.32 Å². The molecule has 0 aliphatic rings. The first-order chi connectivity index (χ1) is 8.29. The molecule has 4 heteroatoms. The fourth-order valence-electron chi connectivity index (χ4n) is 1.46. The minimum Gasteiger partial charge on any atom is -0.492 e. The Balaban J connectivity index is 2.59. The van der Waals surface area contributed by atoms with E-state index >= 15 is 0 Å². The third-order valence-electron chi connectivity index (χ3n) is 2.30. The van der Waals surface area contributed by atoms with Gasteiger partial charge in [0.1, 0.15) is 5.75 Å². The molecule has 1 aromatic carbocycles. The molecule has 1 aromatic rings. The normalized spacial score (nSPS) is 10.5. The Bertz CT molecular complexity index is 331. The number of hydrogen-bond acceptors (Lipinski definition) is 3. The molecule has 0 fully saturated rings. The number of ether oxygens (including phenoxy) is 2. The number of para-hydroxylation sites is 1. The first-order valence-electron chi connectivity index (χ1n) is 5.89. The van der Waals surface area contributed by atoms with Crippen molar-refractivity contribution in [2.45, 2.75) is 19.9 Å². The monoisotopic (exact) mass is 257 g/mol. The Morgan fingerprint density at radius 1 is 1.29 bits per heavy atom. The third kappa shape index (κ3) is 4.94. The van der Waals surface area contributed by atoms with E-state index in [2.05, 4.69) is 12.2 Å². The van der Waals surface area contributed by atoms with Crippen molar-refractivity contribution in [3.05, 3.63) is 28.8 Å². The van der Waals surface area contributed by atoms with E-state index in [0.29, 0.717) is 18.2 Å². The van der Waals surface area contributed by atoms with Crippen LogP contribution in [0.1, 0.15) is 18.9 Å². The molecule has 0 radical (unpaired) electrons. The fourth-order valence-corrected chi connectivity index (χ4v) is 1.70. The van der Waals surface area contributed by atoms with Crippen LogP contribution in [0.25, 0.3) is 0 Å². The highest BCUT2D eigenvalue weighted by Crippen LogP contribution is 2.28. The van der Waals surface area contributed by atoms with E-state index in [0.717, 1.165) is 30.8 Å². The molecule has 0 heterocycles. The lowest BCUT2D eigenvalue weighted by Gasteiger charge is -2.13. The zero-order chi connectivity index (χ0) is 12.5. The predicted octanol–water partition coefficient (Wildman–Crippen LogP) is 2.86. The fraction of sp³-hybridized carbons (Fsp3) is 0.538. The largest absolute Gasteiger partial charge is 0.492 e. The summed E-state index contributed by atoms with van der Waals surface area (Å²) in [6.07, 6.45) is 0.974. The van der Waals surface area contributed by atoms with Gasteiger partial charge in [0.05, 0.1) is 18.2 Å². The van der Waals surface area contributed by atoms with Crippen molar-refractivity contribution in [1.29, 1.82) is 0 Å². The number of rotatable bonds is 8. The molecule has 0 saturated heterocycles. The van der Waals surface area contributed by atoms with Crippen molar-refractivity contribution in [3.8, 4) is 5.75 Å². The van der Waals surface area contributed by atoms with Crippen LogP contribution in [-0.2, 0) is 11.3 Å². The number of hydrogen-bond donors (Lipinski definition) is 1. The lowest BCUT2D eigenvalue weighted by Crippen LogP contribution is -2.19. The smallest absolute Gasteiger partial charge is 0.142 e. The van der Waals surface area contributed by atoms with Gasteiger partial charge < -0.3 is 14.8 Å². The minimum absolute atomic E-state index is 0.671. The van der Waals surface area contributed by atoms with Crippen LogP contribution in [0.4, 0.5) is 0 Å². The van der Waals surface area contributed by atoms with Gasteiger partial charge in [0.25, 0.3) is 0 Å². The summed E-state index contributed by atoms with van der Waals surface area (Å²) in [6.45, 7) is 5.02. The van der Waals surface area contributed by atoms with E-state index in [1.54, 1.807) is 7.11 Å². The topological polar surface area (TPSA) is 30.5 Å². The summed E-state index contributed by atoms with van der Waals surface area (Å²) in [7, 11) is 1.69. The maximum Gasteiger partial charge on any atom is 0.142 e. The Kier molecular flexibility index (Phi) is 7.01. The number of halogens is 1. The van der Waals surface area contributed by atoms with Crippen LogP contribution < -0.4 is 10.1 Å². The van der Waals surface area contributed by atoms with Crippen molar-refractivity contribution in [3.63, 3.8) is 0 Å². The van der Waals surface area contributed by atoms with Gasteiger partial charge in [-0.1, -0.05) is 30.7 Å². The molecule has 3 nitrogen and oxygen atoms in total. The van der Waals surface area contributed by atoms with E-state index in [1.807, 2.05) is 18.2 Å². The van der Waals surface area contributed by atoms with E-state index < -0.39 is 0 Å². The van der Waals surface area contributed by atoms with Gasteiger partial charge in [-0.25, -0.2) is 0 Å². The third-order valence-corrected chi connectivity index (χ3v) is 2.60. The predicted molar refractivity (Wildman–Crippen MR) is 70.8 cm³/mol. The van der Waals surface area contributed by atoms with Crippen LogP contribution >= 0.6 is 11.6 Å². The first kappa shape index (κ1) is 14.3. The maximum absolute atomic E-state index is 6.13. The summed E-state index contributed by atoms with van der Waals surface area (Å²) in [5.41, 5.74) is 1.09. The summed E-state index contributed by atoms with van der Waals surface area (Å²) in [4.78, 5) is 0. The van der Waals surface area contributed by atoms with Crippen molar-refractivity contribution < 1.29 is 9.47 Å². The van der Waals surface area contributed by atoms with E-state index in [-0.39, 0.29) is 0 Å². The SMILES string of the molecule is CCCOc1c(Cl)cccc1CNCCOC. The average molecular weight is 258 g/mol. The van der Waals surface area contributed by atoms with E-state index in [1.165, 1.54) is 0 Å². The molecule has 17 heavy (non-hydrogen) atoms. The van der Waals surface area contributed by atoms with Crippen LogP contribution in [0.3, 0.4) is 0 Å². The van der Waals surface area contributed by atoms with Crippen LogP contribution in [-0.4, -0.2) is 26.9 Å². The molecular weight excluding hydrogens is 238 g/mol. The van der Waals surface area contributed by atoms with Crippen LogP contribution in [0, 0.1) is 0 Å². The van der Waals surface area contributed by atoms with Crippen LogP contribution in [0.2, 0.25) is 5.02 Å². The molecule has 0 atom stereocenters. The Hall–Kier alpha value is -0.770. The van der Waals surface area contributed by atoms with Gasteiger partial charge >= 0.3 is 0 Å². The molecule has 0 saturated carbocycles.